The molecule has 1 saturated heterocycles. The average molecular weight is 361 g/mol. The van der Waals surface area contributed by atoms with Crippen LogP contribution < -0.4 is 5.73 Å². The second kappa shape index (κ2) is 6.13. The van der Waals surface area contributed by atoms with Gasteiger partial charge >= 0.3 is 0 Å². The molecule has 2 N–H and O–H groups in total. The molecule has 1 unspecified atom stereocenters. The summed E-state index contributed by atoms with van der Waals surface area (Å²) in [6.07, 6.45) is 1.67. The molecule has 0 radical (unpaired) electrons. The number of sulfonamides is 1. The lowest BCUT2D eigenvalue weighted by Gasteiger charge is -2.33. The number of benzene rings is 1. The minimum absolute atomic E-state index is 0.131. The molecule has 1 fully saturated rings. The van der Waals surface area contributed by atoms with E-state index in [-0.39, 0.29) is 6.04 Å². The molecule has 2 rings (SSSR count). The van der Waals surface area contributed by atoms with Crippen LogP contribution in [-0.4, -0.2) is 31.9 Å². The summed E-state index contributed by atoms with van der Waals surface area (Å²) in [5, 5.41) is 0. The molecule has 0 aromatic heterocycles. The smallest absolute Gasteiger partial charge is 0.244 e. The van der Waals surface area contributed by atoms with Gasteiger partial charge in [0.15, 0.2) is 0 Å². The molecule has 0 amide bonds. The maximum atomic E-state index is 12.7. The number of aryl methyl sites for hydroxylation is 1. The third-order valence-corrected chi connectivity index (χ3v) is 6.82. The van der Waals surface area contributed by atoms with Gasteiger partial charge in [0.05, 0.1) is 4.90 Å². The van der Waals surface area contributed by atoms with Gasteiger partial charge < -0.3 is 5.73 Å². The lowest BCUT2D eigenvalue weighted by molar-refractivity contribution is 0.250. The summed E-state index contributed by atoms with van der Waals surface area (Å²) in [5.74, 6) is 0.419. The number of nitrogens with two attached hydrogens (primary N) is 1. The SMILES string of the molecule is Cc1ccc(S(=O)(=O)N2CCC(C(C)N)CC2)c(Br)c1. The Labute approximate surface area is 129 Å². The highest BCUT2D eigenvalue weighted by molar-refractivity contribution is 9.10. The van der Waals surface area contributed by atoms with Crippen molar-refractivity contribution in [2.75, 3.05) is 13.1 Å². The fraction of sp³-hybridized carbons (Fsp3) is 0.571. The molecule has 4 nitrogen and oxygen atoms in total. The van der Waals surface area contributed by atoms with E-state index in [0.29, 0.717) is 28.4 Å². The average Bonchev–Trinajstić information content (AvgIpc) is 2.38. The number of hydrogen-bond donors (Lipinski definition) is 1. The van der Waals surface area contributed by atoms with Crippen LogP contribution >= 0.6 is 15.9 Å². The van der Waals surface area contributed by atoms with Crippen molar-refractivity contribution in [3.05, 3.63) is 28.2 Å². The fourth-order valence-corrected chi connectivity index (χ4v) is 5.22. The summed E-state index contributed by atoms with van der Waals surface area (Å²) in [6.45, 7) is 5.03. The van der Waals surface area contributed by atoms with E-state index in [1.807, 2.05) is 26.0 Å². The molecule has 0 saturated carbocycles. The van der Waals surface area contributed by atoms with Crippen molar-refractivity contribution in [3.8, 4) is 0 Å². The van der Waals surface area contributed by atoms with Crippen LogP contribution in [0, 0.1) is 12.8 Å². The van der Waals surface area contributed by atoms with Gasteiger partial charge in [-0.05, 0) is 66.2 Å². The van der Waals surface area contributed by atoms with Crippen LogP contribution in [0.3, 0.4) is 0 Å². The molecule has 1 aliphatic rings. The quantitative estimate of drug-likeness (QED) is 0.900. The zero-order valence-corrected chi connectivity index (χ0v) is 14.2. The molecule has 1 aromatic carbocycles. The van der Waals surface area contributed by atoms with Gasteiger partial charge in [0.25, 0.3) is 0 Å². The number of rotatable bonds is 3. The van der Waals surface area contributed by atoms with Crippen LogP contribution in [0.5, 0.6) is 0 Å². The maximum Gasteiger partial charge on any atom is 0.244 e. The van der Waals surface area contributed by atoms with Crippen molar-refractivity contribution < 1.29 is 8.42 Å². The summed E-state index contributed by atoms with van der Waals surface area (Å²) in [6, 6.07) is 5.46. The largest absolute Gasteiger partial charge is 0.328 e. The molecule has 0 bridgehead atoms. The van der Waals surface area contributed by atoms with E-state index in [2.05, 4.69) is 15.9 Å². The molecule has 1 aromatic rings. The van der Waals surface area contributed by atoms with Crippen molar-refractivity contribution in [1.82, 2.24) is 4.31 Å². The van der Waals surface area contributed by atoms with E-state index in [0.717, 1.165) is 18.4 Å². The normalized spacial score (nSPS) is 20.0. The van der Waals surface area contributed by atoms with Crippen LogP contribution in [-0.2, 0) is 10.0 Å². The lowest BCUT2D eigenvalue weighted by atomic mass is 9.92. The molecule has 1 aliphatic heterocycles. The number of piperidine rings is 1. The first kappa shape index (κ1) is 15.9. The van der Waals surface area contributed by atoms with E-state index in [1.54, 1.807) is 10.4 Å². The summed E-state index contributed by atoms with van der Waals surface area (Å²) >= 11 is 3.36. The van der Waals surface area contributed by atoms with Gasteiger partial charge in [0.1, 0.15) is 0 Å². The zero-order valence-electron chi connectivity index (χ0n) is 11.8. The van der Waals surface area contributed by atoms with Crippen molar-refractivity contribution in [2.45, 2.75) is 37.6 Å². The first-order valence-corrected chi connectivity index (χ1v) is 9.07. The molecule has 1 atom stereocenters. The van der Waals surface area contributed by atoms with E-state index in [9.17, 15) is 8.42 Å². The minimum Gasteiger partial charge on any atom is -0.328 e. The Balaban J connectivity index is 2.20. The molecule has 0 aliphatic carbocycles. The predicted octanol–water partition coefficient (Wildman–Crippen LogP) is 2.51. The monoisotopic (exact) mass is 360 g/mol. The first-order chi connectivity index (χ1) is 9.32. The van der Waals surface area contributed by atoms with Crippen LogP contribution in [0.15, 0.2) is 27.6 Å². The molecule has 6 heteroatoms. The Morgan fingerprint density at radius 1 is 1.35 bits per heavy atom. The Hall–Kier alpha value is -0.430. The Morgan fingerprint density at radius 3 is 2.45 bits per heavy atom. The Bertz CT molecular complexity index is 579. The lowest BCUT2D eigenvalue weighted by Crippen LogP contribution is -2.42. The van der Waals surface area contributed by atoms with Gasteiger partial charge in [-0.3, -0.25) is 0 Å². The van der Waals surface area contributed by atoms with Crippen molar-refractivity contribution in [1.29, 1.82) is 0 Å². The van der Waals surface area contributed by atoms with E-state index < -0.39 is 10.0 Å². The second-order valence-electron chi connectivity index (χ2n) is 5.53. The third kappa shape index (κ3) is 3.24. The number of halogens is 1. The van der Waals surface area contributed by atoms with E-state index in [4.69, 9.17) is 5.73 Å². The highest BCUT2D eigenvalue weighted by Crippen LogP contribution is 2.29. The van der Waals surface area contributed by atoms with Crippen molar-refractivity contribution >= 4 is 26.0 Å². The van der Waals surface area contributed by atoms with Crippen LogP contribution in [0.2, 0.25) is 0 Å². The zero-order chi connectivity index (χ0) is 14.9. The van der Waals surface area contributed by atoms with Crippen LogP contribution in [0.25, 0.3) is 0 Å². The van der Waals surface area contributed by atoms with Gasteiger partial charge in [0.2, 0.25) is 10.0 Å². The Morgan fingerprint density at radius 2 is 1.95 bits per heavy atom. The van der Waals surface area contributed by atoms with Gasteiger partial charge in [-0.1, -0.05) is 6.07 Å². The molecule has 0 spiro atoms. The second-order valence-corrected chi connectivity index (χ2v) is 8.30. The molecule has 1 heterocycles. The number of nitrogens with zero attached hydrogens (tertiary/aromatic N) is 1. The third-order valence-electron chi connectivity index (χ3n) is 3.95. The van der Waals surface area contributed by atoms with Gasteiger partial charge in [-0.25, -0.2) is 8.42 Å². The Kier molecular flexibility index (Phi) is 4.89. The van der Waals surface area contributed by atoms with Crippen molar-refractivity contribution in [3.63, 3.8) is 0 Å². The highest BCUT2D eigenvalue weighted by Gasteiger charge is 2.31. The number of hydrogen-bond acceptors (Lipinski definition) is 3. The molecule has 112 valence electrons. The van der Waals surface area contributed by atoms with E-state index in [1.165, 1.54) is 0 Å². The highest BCUT2D eigenvalue weighted by atomic mass is 79.9. The summed E-state index contributed by atoms with van der Waals surface area (Å²) in [4.78, 5) is 0.349. The summed E-state index contributed by atoms with van der Waals surface area (Å²) in [7, 11) is -3.41. The summed E-state index contributed by atoms with van der Waals surface area (Å²) in [5.41, 5.74) is 6.93. The van der Waals surface area contributed by atoms with Crippen LogP contribution in [0.4, 0.5) is 0 Å². The van der Waals surface area contributed by atoms with Gasteiger partial charge in [-0.2, -0.15) is 4.31 Å². The van der Waals surface area contributed by atoms with Gasteiger partial charge in [0, 0.05) is 23.6 Å². The predicted molar refractivity (Wildman–Crippen MR) is 84.0 cm³/mol. The maximum absolute atomic E-state index is 12.7. The minimum atomic E-state index is -3.41. The standard InChI is InChI=1S/C14H21BrN2O2S/c1-10-3-4-14(13(15)9-10)20(18,19)17-7-5-12(6-8-17)11(2)16/h3-4,9,11-12H,5-8,16H2,1-2H3. The van der Waals surface area contributed by atoms with Gasteiger partial charge in [-0.15, -0.1) is 0 Å². The summed E-state index contributed by atoms with van der Waals surface area (Å²) < 4.78 is 27.5. The molecular formula is C14H21BrN2O2S. The fourth-order valence-electron chi connectivity index (χ4n) is 2.60. The van der Waals surface area contributed by atoms with E-state index >= 15 is 0 Å². The molecular weight excluding hydrogens is 340 g/mol. The topological polar surface area (TPSA) is 63.4 Å². The van der Waals surface area contributed by atoms with Crippen LogP contribution in [0.1, 0.15) is 25.3 Å². The van der Waals surface area contributed by atoms with Crippen molar-refractivity contribution in [2.24, 2.45) is 11.7 Å². The first-order valence-electron chi connectivity index (χ1n) is 6.84. The molecule has 20 heavy (non-hydrogen) atoms.